The molecule has 0 N–H and O–H groups in total. The lowest BCUT2D eigenvalue weighted by Crippen LogP contribution is -2.41. The number of piperidine rings is 1. The number of fused-ring (bicyclic) bond motifs is 2. The zero-order valence-corrected chi connectivity index (χ0v) is 19.8. The predicted molar refractivity (Wildman–Crippen MR) is 130 cm³/mol. The molecular formula is C27H28FN5O. The standard InChI is InChI=1S/C27H28FN5O/c1-17-24(28)22(6-10-29-17)25-18(2)31-26(23-7-11-30-33(23)25)32-12-8-27(9-13-32)15-19-4-5-21(34-3)14-20(19)16-27/h4-7,10-11,14H,8-9,12-13,15-16H2,1-3H3. The average molecular weight is 458 g/mol. The maximum absolute atomic E-state index is 14.9. The van der Waals surface area contributed by atoms with Gasteiger partial charge in [-0.1, -0.05) is 6.07 Å². The number of hydrogen-bond donors (Lipinski definition) is 0. The SMILES string of the molecule is COc1ccc2c(c1)CC1(CCN(c3nc(C)c(-c4ccnc(C)c4F)n4nccc34)CC1)C2. The molecule has 6 nitrogen and oxygen atoms in total. The van der Waals surface area contributed by atoms with Crippen LogP contribution in [0.5, 0.6) is 5.75 Å². The molecule has 6 rings (SSSR count). The van der Waals surface area contributed by atoms with E-state index >= 15 is 0 Å². The van der Waals surface area contributed by atoms with Crippen LogP contribution in [0, 0.1) is 25.1 Å². The van der Waals surface area contributed by atoms with Crippen LogP contribution in [0.3, 0.4) is 0 Å². The first kappa shape index (κ1) is 21.1. The van der Waals surface area contributed by atoms with E-state index in [9.17, 15) is 4.39 Å². The molecule has 1 saturated heterocycles. The van der Waals surface area contributed by atoms with Gasteiger partial charge in [0.25, 0.3) is 0 Å². The normalized spacial score (nSPS) is 16.9. The average Bonchev–Trinajstić information content (AvgIpc) is 3.45. The van der Waals surface area contributed by atoms with Crippen molar-refractivity contribution in [2.75, 3.05) is 25.1 Å². The number of halogens is 1. The first-order valence-electron chi connectivity index (χ1n) is 11.8. The first-order valence-corrected chi connectivity index (χ1v) is 11.8. The molecule has 0 saturated carbocycles. The van der Waals surface area contributed by atoms with Gasteiger partial charge in [0.1, 0.15) is 11.3 Å². The minimum absolute atomic E-state index is 0.314. The topological polar surface area (TPSA) is 55.5 Å². The summed E-state index contributed by atoms with van der Waals surface area (Å²) in [6.07, 6.45) is 7.88. The Hall–Kier alpha value is -3.48. The third-order valence-corrected chi connectivity index (χ3v) is 7.69. The van der Waals surface area contributed by atoms with Crippen LogP contribution in [-0.2, 0) is 12.8 Å². The molecule has 174 valence electrons. The molecule has 3 aromatic heterocycles. The maximum Gasteiger partial charge on any atom is 0.155 e. The summed E-state index contributed by atoms with van der Waals surface area (Å²) in [7, 11) is 1.73. The van der Waals surface area contributed by atoms with E-state index in [-0.39, 0.29) is 5.82 Å². The molecule has 1 aliphatic carbocycles. The molecule has 7 heteroatoms. The van der Waals surface area contributed by atoms with Gasteiger partial charge in [-0.15, -0.1) is 0 Å². The molecule has 0 unspecified atom stereocenters. The molecular weight excluding hydrogens is 429 g/mol. The van der Waals surface area contributed by atoms with E-state index < -0.39 is 0 Å². The van der Waals surface area contributed by atoms with Gasteiger partial charge in [-0.2, -0.15) is 5.10 Å². The monoisotopic (exact) mass is 457 g/mol. The van der Waals surface area contributed by atoms with E-state index in [4.69, 9.17) is 9.72 Å². The Balaban J connectivity index is 1.30. The second kappa shape index (κ2) is 7.79. The largest absolute Gasteiger partial charge is 0.497 e. The Kier molecular flexibility index (Phi) is 4.83. The van der Waals surface area contributed by atoms with Gasteiger partial charge in [-0.3, -0.25) is 4.98 Å². The molecule has 0 atom stereocenters. The minimum atomic E-state index is -0.325. The second-order valence-electron chi connectivity index (χ2n) is 9.73. The van der Waals surface area contributed by atoms with Crippen molar-refractivity contribution in [1.29, 1.82) is 0 Å². The molecule has 2 aliphatic rings. The number of benzene rings is 1. The van der Waals surface area contributed by atoms with Gasteiger partial charge in [0.05, 0.1) is 30.4 Å². The number of aromatic nitrogens is 4. The Labute approximate surface area is 198 Å². The highest BCUT2D eigenvalue weighted by molar-refractivity contribution is 5.75. The van der Waals surface area contributed by atoms with Crippen molar-refractivity contribution >= 4 is 11.3 Å². The Morgan fingerprint density at radius 1 is 0.971 bits per heavy atom. The molecule has 0 amide bonds. The molecule has 1 fully saturated rings. The summed E-state index contributed by atoms with van der Waals surface area (Å²) in [4.78, 5) is 11.4. The van der Waals surface area contributed by atoms with E-state index in [2.05, 4.69) is 33.2 Å². The highest BCUT2D eigenvalue weighted by Gasteiger charge is 2.40. The number of rotatable bonds is 3. The number of ether oxygens (including phenoxy) is 1. The van der Waals surface area contributed by atoms with Crippen LogP contribution in [-0.4, -0.2) is 39.8 Å². The van der Waals surface area contributed by atoms with Crippen molar-refractivity contribution in [3.63, 3.8) is 0 Å². The summed E-state index contributed by atoms with van der Waals surface area (Å²) in [5.41, 5.74) is 6.40. The number of anilines is 1. The Morgan fingerprint density at radius 3 is 2.56 bits per heavy atom. The maximum atomic E-state index is 14.9. The van der Waals surface area contributed by atoms with Crippen LogP contribution in [0.25, 0.3) is 16.8 Å². The van der Waals surface area contributed by atoms with Crippen LogP contribution in [0.1, 0.15) is 35.4 Å². The molecule has 4 heterocycles. The molecule has 4 aromatic rings. The van der Waals surface area contributed by atoms with Crippen LogP contribution >= 0.6 is 0 Å². The Morgan fingerprint density at radius 2 is 1.76 bits per heavy atom. The number of hydrogen-bond acceptors (Lipinski definition) is 5. The molecule has 1 spiro atoms. The van der Waals surface area contributed by atoms with E-state index in [1.807, 2.05) is 17.5 Å². The van der Waals surface area contributed by atoms with Crippen molar-refractivity contribution in [3.8, 4) is 17.0 Å². The van der Waals surface area contributed by atoms with Crippen LogP contribution < -0.4 is 9.64 Å². The molecule has 0 bridgehead atoms. The van der Waals surface area contributed by atoms with E-state index in [1.54, 1.807) is 32.5 Å². The fourth-order valence-corrected chi connectivity index (χ4v) is 5.83. The Bertz CT molecular complexity index is 1400. The third-order valence-electron chi connectivity index (χ3n) is 7.69. The van der Waals surface area contributed by atoms with E-state index in [1.165, 1.54) is 11.1 Å². The van der Waals surface area contributed by atoms with Crippen LogP contribution in [0.15, 0.2) is 42.7 Å². The lowest BCUT2D eigenvalue weighted by atomic mass is 9.76. The summed E-state index contributed by atoms with van der Waals surface area (Å²) >= 11 is 0. The number of methoxy groups -OCH3 is 1. The quantitative estimate of drug-likeness (QED) is 0.436. The third kappa shape index (κ3) is 3.25. The fourth-order valence-electron chi connectivity index (χ4n) is 5.83. The predicted octanol–water partition coefficient (Wildman–Crippen LogP) is 4.94. The summed E-state index contributed by atoms with van der Waals surface area (Å²) < 4.78 is 22.2. The van der Waals surface area contributed by atoms with Crippen molar-refractivity contribution in [3.05, 3.63) is 71.1 Å². The van der Waals surface area contributed by atoms with Gasteiger partial charge in [0.15, 0.2) is 11.6 Å². The highest BCUT2D eigenvalue weighted by atomic mass is 19.1. The van der Waals surface area contributed by atoms with Crippen molar-refractivity contribution < 1.29 is 9.13 Å². The molecule has 34 heavy (non-hydrogen) atoms. The minimum Gasteiger partial charge on any atom is -0.497 e. The number of nitrogens with zero attached hydrogens (tertiary/aromatic N) is 5. The van der Waals surface area contributed by atoms with Gasteiger partial charge >= 0.3 is 0 Å². The lowest BCUT2D eigenvalue weighted by Gasteiger charge is -2.40. The van der Waals surface area contributed by atoms with Crippen molar-refractivity contribution in [1.82, 2.24) is 19.6 Å². The van der Waals surface area contributed by atoms with Crippen molar-refractivity contribution in [2.45, 2.75) is 39.5 Å². The zero-order chi connectivity index (χ0) is 23.4. The lowest BCUT2D eigenvalue weighted by molar-refractivity contribution is 0.232. The summed E-state index contributed by atoms with van der Waals surface area (Å²) in [6.45, 7) is 5.50. The molecule has 1 aromatic carbocycles. The highest BCUT2D eigenvalue weighted by Crippen LogP contribution is 2.46. The van der Waals surface area contributed by atoms with Gasteiger partial charge < -0.3 is 9.64 Å². The first-order chi connectivity index (χ1) is 16.5. The van der Waals surface area contributed by atoms with Crippen LogP contribution in [0.4, 0.5) is 10.2 Å². The van der Waals surface area contributed by atoms with E-state index in [0.29, 0.717) is 22.4 Å². The van der Waals surface area contributed by atoms with Gasteiger partial charge in [-0.05, 0) is 80.3 Å². The number of aryl methyl sites for hydroxylation is 2. The second-order valence-corrected chi connectivity index (χ2v) is 9.73. The van der Waals surface area contributed by atoms with E-state index in [0.717, 1.165) is 61.6 Å². The smallest absolute Gasteiger partial charge is 0.155 e. The summed E-state index contributed by atoms with van der Waals surface area (Å²) in [6, 6.07) is 10.2. The zero-order valence-electron chi connectivity index (χ0n) is 19.8. The van der Waals surface area contributed by atoms with Crippen LogP contribution in [0.2, 0.25) is 0 Å². The summed E-state index contributed by atoms with van der Waals surface area (Å²) in [5.74, 6) is 1.54. The van der Waals surface area contributed by atoms with Gasteiger partial charge in [-0.25, -0.2) is 13.9 Å². The molecule has 1 aliphatic heterocycles. The van der Waals surface area contributed by atoms with Crippen molar-refractivity contribution in [2.24, 2.45) is 5.41 Å². The fraction of sp³-hybridized carbons (Fsp3) is 0.370. The molecule has 0 radical (unpaired) electrons. The van der Waals surface area contributed by atoms with Gasteiger partial charge in [0.2, 0.25) is 0 Å². The number of pyridine rings is 1. The summed E-state index contributed by atoms with van der Waals surface area (Å²) in [5, 5.41) is 4.55. The van der Waals surface area contributed by atoms with Gasteiger partial charge in [0, 0.05) is 24.8 Å².